The first kappa shape index (κ1) is 18.3. The molecule has 0 unspecified atom stereocenters. The third-order valence-electron chi connectivity index (χ3n) is 4.29. The van der Waals surface area contributed by atoms with Crippen LogP contribution in [-0.4, -0.2) is 5.91 Å². The Morgan fingerprint density at radius 1 is 0.923 bits per heavy atom. The number of thioether (sulfide) groups is 1. The normalized spacial score (nSPS) is 11.8. The van der Waals surface area contributed by atoms with Crippen molar-refractivity contribution in [2.75, 3.05) is 0 Å². The maximum Gasteiger partial charge on any atom is 0.251 e. The van der Waals surface area contributed by atoms with Crippen molar-refractivity contribution in [1.82, 2.24) is 5.32 Å². The molecule has 1 atom stereocenters. The zero-order chi connectivity index (χ0) is 18.4. The molecule has 0 heterocycles. The molecule has 0 radical (unpaired) electrons. The Kier molecular flexibility index (Phi) is 6.13. The Hall–Kier alpha value is -2.52. The fourth-order valence-electron chi connectivity index (χ4n) is 2.65. The highest BCUT2D eigenvalue weighted by Gasteiger charge is 2.11. The van der Waals surface area contributed by atoms with Crippen molar-refractivity contribution in [3.8, 4) is 0 Å². The largest absolute Gasteiger partial charge is 0.346 e. The molecule has 2 nitrogen and oxygen atoms in total. The van der Waals surface area contributed by atoms with Gasteiger partial charge in [-0.15, -0.1) is 11.8 Å². The predicted octanol–water partition coefficient (Wildman–Crippen LogP) is 5.78. The van der Waals surface area contributed by atoms with E-state index in [0.717, 1.165) is 11.3 Å². The molecule has 3 heteroatoms. The molecule has 0 saturated heterocycles. The standard InChI is InChI=1S/C23H23NOS/c1-17-8-12-20(13-9-17)18(2)24-23(25)21-14-10-19(11-15-21)16-26-22-6-4-3-5-7-22/h3-15,18H,16H2,1-2H3,(H,24,25)/t18-/m1/s1. The Morgan fingerprint density at radius 2 is 1.58 bits per heavy atom. The van der Waals surface area contributed by atoms with Crippen molar-refractivity contribution < 1.29 is 4.79 Å². The smallest absolute Gasteiger partial charge is 0.251 e. The van der Waals surface area contributed by atoms with E-state index in [4.69, 9.17) is 0 Å². The lowest BCUT2D eigenvalue weighted by Crippen LogP contribution is -2.26. The predicted molar refractivity (Wildman–Crippen MR) is 110 cm³/mol. The third-order valence-corrected chi connectivity index (χ3v) is 5.37. The molecule has 132 valence electrons. The summed E-state index contributed by atoms with van der Waals surface area (Å²) in [6.45, 7) is 4.07. The number of nitrogens with one attached hydrogen (secondary N) is 1. The average Bonchev–Trinajstić information content (AvgIpc) is 2.68. The van der Waals surface area contributed by atoms with Gasteiger partial charge in [0.15, 0.2) is 0 Å². The second-order valence-electron chi connectivity index (χ2n) is 6.40. The third kappa shape index (κ3) is 4.99. The molecule has 0 bridgehead atoms. The lowest BCUT2D eigenvalue weighted by molar-refractivity contribution is 0.0940. The summed E-state index contributed by atoms with van der Waals surface area (Å²) in [6, 6.07) is 26.4. The summed E-state index contributed by atoms with van der Waals surface area (Å²) >= 11 is 1.80. The Balaban J connectivity index is 1.57. The van der Waals surface area contributed by atoms with Crippen LogP contribution in [0.25, 0.3) is 0 Å². The molecule has 0 aliphatic rings. The molecule has 1 N–H and O–H groups in total. The molecule has 3 aromatic rings. The molecule has 0 aliphatic carbocycles. The van der Waals surface area contributed by atoms with Gasteiger partial charge in [0.05, 0.1) is 6.04 Å². The summed E-state index contributed by atoms with van der Waals surface area (Å²) in [5, 5.41) is 3.07. The maximum atomic E-state index is 12.5. The van der Waals surface area contributed by atoms with Gasteiger partial charge in [0.2, 0.25) is 0 Å². The van der Waals surface area contributed by atoms with Crippen molar-refractivity contribution in [3.63, 3.8) is 0 Å². The Bertz CT molecular complexity index is 842. The number of hydrogen-bond donors (Lipinski definition) is 1. The van der Waals surface area contributed by atoms with E-state index < -0.39 is 0 Å². The van der Waals surface area contributed by atoms with Crippen molar-refractivity contribution >= 4 is 17.7 Å². The first-order valence-electron chi connectivity index (χ1n) is 8.76. The van der Waals surface area contributed by atoms with Crippen LogP contribution in [0.2, 0.25) is 0 Å². The highest BCUT2D eigenvalue weighted by molar-refractivity contribution is 7.98. The molecule has 0 saturated carbocycles. The van der Waals surface area contributed by atoms with Crippen LogP contribution in [0.15, 0.2) is 83.8 Å². The lowest BCUT2D eigenvalue weighted by atomic mass is 10.1. The van der Waals surface area contributed by atoms with Crippen LogP contribution in [-0.2, 0) is 5.75 Å². The first-order chi connectivity index (χ1) is 12.6. The Labute approximate surface area is 159 Å². The van der Waals surface area contributed by atoms with Gasteiger partial charge >= 0.3 is 0 Å². The number of amides is 1. The molecular weight excluding hydrogens is 338 g/mol. The number of hydrogen-bond acceptors (Lipinski definition) is 2. The number of aryl methyl sites for hydroxylation is 1. The molecule has 26 heavy (non-hydrogen) atoms. The van der Waals surface area contributed by atoms with Gasteiger partial charge in [-0.25, -0.2) is 0 Å². The molecule has 3 aromatic carbocycles. The summed E-state index contributed by atoms with van der Waals surface area (Å²) in [6.07, 6.45) is 0. The van der Waals surface area contributed by atoms with Gasteiger partial charge in [-0.1, -0.05) is 60.2 Å². The summed E-state index contributed by atoms with van der Waals surface area (Å²) in [5.41, 5.74) is 4.23. The monoisotopic (exact) mass is 361 g/mol. The topological polar surface area (TPSA) is 29.1 Å². The second kappa shape index (κ2) is 8.72. The van der Waals surface area contributed by atoms with Crippen LogP contribution in [0.3, 0.4) is 0 Å². The van der Waals surface area contributed by atoms with E-state index in [9.17, 15) is 4.79 Å². The average molecular weight is 362 g/mol. The highest BCUT2D eigenvalue weighted by atomic mass is 32.2. The quantitative estimate of drug-likeness (QED) is 0.564. The van der Waals surface area contributed by atoms with Gasteiger partial charge in [-0.3, -0.25) is 4.79 Å². The SMILES string of the molecule is Cc1ccc([C@@H](C)NC(=O)c2ccc(CSc3ccccc3)cc2)cc1. The van der Waals surface area contributed by atoms with E-state index in [1.807, 2.05) is 49.4 Å². The molecule has 0 aliphatic heterocycles. The number of benzene rings is 3. The molecular formula is C23H23NOS. The van der Waals surface area contributed by atoms with Crippen LogP contribution in [0.5, 0.6) is 0 Å². The van der Waals surface area contributed by atoms with Gasteiger partial charge in [0.1, 0.15) is 0 Å². The molecule has 0 fully saturated rings. The minimum atomic E-state index is -0.0414. The maximum absolute atomic E-state index is 12.5. The zero-order valence-electron chi connectivity index (χ0n) is 15.1. The van der Waals surface area contributed by atoms with E-state index >= 15 is 0 Å². The second-order valence-corrected chi connectivity index (χ2v) is 7.45. The first-order valence-corrected chi connectivity index (χ1v) is 9.74. The summed E-state index contributed by atoms with van der Waals surface area (Å²) < 4.78 is 0. The van der Waals surface area contributed by atoms with Crippen molar-refractivity contribution in [3.05, 3.63) is 101 Å². The lowest BCUT2D eigenvalue weighted by Gasteiger charge is -2.15. The Morgan fingerprint density at radius 3 is 2.23 bits per heavy atom. The molecule has 3 rings (SSSR count). The molecule has 0 spiro atoms. The van der Waals surface area contributed by atoms with Crippen molar-refractivity contribution in [1.29, 1.82) is 0 Å². The highest BCUT2D eigenvalue weighted by Crippen LogP contribution is 2.22. The fraction of sp³-hybridized carbons (Fsp3) is 0.174. The summed E-state index contributed by atoms with van der Waals surface area (Å²) in [7, 11) is 0. The zero-order valence-corrected chi connectivity index (χ0v) is 15.9. The molecule has 0 aromatic heterocycles. The van der Waals surface area contributed by atoms with Crippen molar-refractivity contribution in [2.45, 2.75) is 30.5 Å². The summed E-state index contributed by atoms with van der Waals surface area (Å²) in [5.74, 6) is 0.853. The van der Waals surface area contributed by atoms with E-state index in [0.29, 0.717) is 5.56 Å². The summed E-state index contributed by atoms with van der Waals surface area (Å²) in [4.78, 5) is 13.7. The van der Waals surface area contributed by atoms with Gasteiger partial charge in [0.25, 0.3) is 5.91 Å². The minimum absolute atomic E-state index is 0.0172. The van der Waals surface area contributed by atoms with E-state index in [1.54, 1.807) is 11.8 Å². The van der Waals surface area contributed by atoms with Crippen LogP contribution in [0.1, 0.15) is 40.0 Å². The van der Waals surface area contributed by atoms with Crippen LogP contribution in [0, 0.1) is 6.92 Å². The fourth-order valence-corrected chi connectivity index (χ4v) is 3.53. The van der Waals surface area contributed by atoms with E-state index in [-0.39, 0.29) is 11.9 Å². The van der Waals surface area contributed by atoms with Gasteiger partial charge < -0.3 is 5.32 Å². The van der Waals surface area contributed by atoms with Crippen molar-refractivity contribution in [2.24, 2.45) is 0 Å². The molecule has 1 amide bonds. The van der Waals surface area contributed by atoms with Gasteiger partial charge in [-0.2, -0.15) is 0 Å². The van der Waals surface area contributed by atoms with E-state index in [2.05, 4.69) is 48.6 Å². The number of rotatable bonds is 6. The minimum Gasteiger partial charge on any atom is -0.346 e. The van der Waals surface area contributed by atoms with Crippen LogP contribution >= 0.6 is 11.8 Å². The van der Waals surface area contributed by atoms with Gasteiger partial charge in [0, 0.05) is 16.2 Å². The van der Waals surface area contributed by atoms with Gasteiger partial charge in [-0.05, 0) is 49.2 Å². The number of carbonyl (C=O) groups is 1. The van der Waals surface area contributed by atoms with E-state index in [1.165, 1.54) is 16.0 Å². The number of carbonyl (C=O) groups excluding carboxylic acids is 1. The van der Waals surface area contributed by atoms with Crippen LogP contribution < -0.4 is 5.32 Å². The van der Waals surface area contributed by atoms with Crippen LogP contribution in [0.4, 0.5) is 0 Å².